The third-order valence-corrected chi connectivity index (χ3v) is 2.41. The molecule has 2 aromatic rings. The lowest BCUT2D eigenvalue weighted by molar-refractivity contribution is 1.07. The van der Waals surface area contributed by atoms with Gasteiger partial charge >= 0.3 is 0 Å². The molecular weight excluding hydrogens is 222 g/mol. The van der Waals surface area contributed by atoms with E-state index in [2.05, 4.69) is 22.6 Å². The standard InChI is InChI=1S/C11H7N3OS/c12-6-8-7(5-10(15)14-11(8)16)9-3-1-2-4-13-9/h1-5H,(H2,14,15,16). The number of H-pyrrole nitrogens is 1. The highest BCUT2D eigenvalue weighted by atomic mass is 32.1. The lowest BCUT2D eigenvalue weighted by Gasteiger charge is -2.04. The number of hydrogen-bond acceptors (Lipinski definition) is 4. The Bertz CT molecular complexity index is 613. The molecular formula is C11H7N3OS. The highest BCUT2D eigenvalue weighted by Crippen LogP contribution is 2.22. The second kappa shape index (κ2) is 4.21. The van der Waals surface area contributed by atoms with Crippen LogP contribution in [0.2, 0.25) is 0 Å². The van der Waals surface area contributed by atoms with Gasteiger partial charge in [0.25, 0.3) is 0 Å². The zero-order valence-electron chi connectivity index (χ0n) is 8.14. The molecule has 0 spiro atoms. The molecule has 0 radical (unpaired) electrons. The molecule has 78 valence electrons. The average molecular weight is 229 g/mol. The Labute approximate surface area is 97.0 Å². The van der Waals surface area contributed by atoms with Crippen molar-refractivity contribution in [2.45, 2.75) is 5.03 Å². The van der Waals surface area contributed by atoms with Crippen LogP contribution in [0.5, 0.6) is 0 Å². The smallest absolute Gasteiger partial charge is 0.249 e. The van der Waals surface area contributed by atoms with E-state index >= 15 is 0 Å². The van der Waals surface area contributed by atoms with E-state index in [4.69, 9.17) is 5.26 Å². The van der Waals surface area contributed by atoms with Gasteiger partial charge in [0.2, 0.25) is 5.56 Å². The molecule has 0 aliphatic heterocycles. The molecule has 0 fully saturated rings. The summed E-state index contributed by atoms with van der Waals surface area (Å²) in [6.07, 6.45) is 1.61. The summed E-state index contributed by atoms with van der Waals surface area (Å²) >= 11 is 4.06. The van der Waals surface area contributed by atoms with Crippen LogP contribution in [0.4, 0.5) is 0 Å². The van der Waals surface area contributed by atoms with Crippen LogP contribution in [0.1, 0.15) is 5.56 Å². The largest absolute Gasteiger partial charge is 0.316 e. The Balaban J connectivity index is 2.75. The number of hydrogen-bond donors (Lipinski definition) is 2. The van der Waals surface area contributed by atoms with Gasteiger partial charge in [-0.3, -0.25) is 9.78 Å². The van der Waals surface area contributed by atoms with Gasteiger partial charge in [0.05, 0.1) is 16.3 Å². The third-order valence-electron chi connectivity index (χ3n) is 2.08. The fraction of sp³-hybridized carbons (Fsp3) is 0. The first-order valence-electron chi connectivity index (χ1n) is 4.50. The summed E-state index contributed by atoms with van der Waals surface area (Å²) in [5.41, 5.74) is 1.10. The fourth-order valence-corrected chi connectivity index (χ4v) is 1.66. The Kier molecular flexibility index (Phi) is 2.75. The van der Waals surface area contributed by atoms with E-state index in [9.17, 15) is 4.79 Å². The summed E-state index contributed by atoms with van der Waals surface area (Å²) in [6, 6.07) is 8.65. The molecule has 0 saturated carbocycles. The van der Waals surface area contributed by atoms with Crippen LogP contribution in [0.15, 0.2) is 40.3 Å². The average Bonchev–Trinajstić information content (AvgIpc) is 2.29. The van der Waals surface area contributed by atoms with Gasteiger partial charge in [-0.05, 0) is 12.1 Å². The topological polar surface area (TPSA) is 69.5 Å². The summed E-state index contributed by atoms with van der Waals surface area (Å²) in [4.78, 5) is 17.9. The minimum atomic E-state index is -0.301. The Morgan fingerprint density at radius 2 is 2.25 bits per heavy atom. The van der Waals surface area contributed by atoms with Crippen LogP contribution in [0.25, 0.3) is 11.3 Å². The van der Waals surface area contributed by atoms with Crippen LogP contribution in [-0.2, 0) is 0 Å². The molecule has 0 amide bonds. The van der Waals surface area contributed by atoms with Crippen molar-refractivity contribution in [3.05, 3.63) is 46.4 Å². The highest BCUT2D eigenvalue weighted by Gasteiger charge is 2.10. The zero-order valence-corrected chi connectivity index (χ0v) is 9.03. The van der Waals surface area contributed by atoms with Gasteiger partial charge in [0.15, 0.2) is 0 Å². The molecule has 0 bridgehead atoms. The molecule has 0 aliphatic carbocycles. The summed E-state index contributed by atoms with van der Waals surface area (Å²) in [6.45, 7) is 0. The number of pyridine rings is 2. The van der Waals surface area contributed by atoms with Crippen molar-refractivity contribution in [1.29, 1.82) is 5.26 Å². The van der Waals surface area contributed by atoms with Crippen molar-refractivity contribution >= 4 is 12.6 Å². The van der Waals surface area contributed by atoms with Gasteiger partial charge < -0.3 is 4.98 Å². The number of nitrogens with one attached hydrogen (secondary N) is 1. The summed E-state index contributed by atoms with van der Waals surface area (Å²) in [7, 11) is 0. The number of thiol groups is 1. The normalized spacial score (nSPS) is 9.75. The van der Waals surface area contributed by atoms with Gasteiger partial charge in [-0.15, -0.1) is 12.6 Å². The minimum absolute atomic E-state index is 0.260. The van der Waals surface area contributed by atoms with Crippen molar-refractivity contribution in [3.63, 3.8) is 0 Å². The van der Waals surface area contributed by atoms with E-state index < -0.39 is 0 Å². The second-order valence-electron chi connectivity index (χ2n) is 3.10. The van der Waals surface area contributed by atoms with E-state index in [-0.39, 0.29) is 10.6 Å². The molecule has 1 N–H and O–H groups in total. The van der Waals surface area contributed by atoms with Crippen molar-refractivity contribution in [2.75, 3.05) is 0 Å². The van der Waals surface area contributed by atoms with Crippen LogP contribution < -0.4 is 5.56 Å². The highest BCUT2D eigenvalue weighted by molar-refractivity contribution is 7.80. The number of aromatic amines is 1. The lowest BCUT2D eigenvalue weighted by atomic mass is 10.1. The quantitative estimate of drug-likeness (QED) is 0.730. The second-order valence-corrected chi connectivity index (χ2v) is 3.54. The zero-order chi connectivity index (χ0) is 11.5. The summed E-state index contributed by atoms with van der Waals surface area (Å²) in [5, 5.41) is 9.26. The van der Waals surface area contributed by atoms with Gasteiger partial charge in [-0.2, -0.15) is 5.26 Å². The van der Waals surface area contributed by atoms with E-state index in [1.807, 2.05) is 6.07 Å². The van der Waals surface area contributed by atoms with Crippen LogP contribution >= 0.6 is 12.6 Å². The lowest BCUT2D eigenvalue weighted by Crippen LogP contribution is -2.07. The van der Waals surface area contributed by atoms with Crippen molar-refractivity contribution in [2.24, 2.45) is 0 Å². The Morgan fingerprint density at radius 3 is 2.88 bits per heavy atom. The summed E-state index contributed by atoms with van der Waals surface area (Å²) in [5.74, 6) is 0. The molecule has 2 aromatic heterocycles. The monoisotopic (exact) mass is 229 g/mol. The van der Waals surface area contributed by atoms with E-state index in [0.717, 1.165) is 0 Å². The van der Waals surface area contributed by atoms with Gasteiger partial charge in [0, 0.05) is 17.8 Å². The SMILES string of the molecule is N#Cc1c(-c2ccccn2)cc(=O)[nH]c1S. The number of nitrogens with zero attached hydrogens (tertiary/aromatic N) is 2. The molecule has 4 nitrogen and oxygen atoms in total. The van der Waals surface area contributed by atoms with Crippen molar-refractivity contribution in [3.8, 4) is 17.3 Å². The molecule has 2 heterocycles. The van der Waals surface area contributed by atoms with Gasteiger partial charge in [-0.25, -0.2) is 0 Å². The predicted molar refractivity (Wildman–Crippen MR) is 62.3 cm³/mol. The number of aromatic nitrogens is 2. The number of nitriles is 1. The van der Waals surface area contributed by atoms with Crippen molar-refractivity contribution in [1.82, 2.24) is 9.97 Å². The third kappa shape index (κ3) is 1.83. The fourth-order valence-electron chi connectivity index (χ4n) is 1.38. The van der Waals surface area contributed by atoms with Crippen molar-refractivity contribution < 1.29 is 0 Å². The molecule has 0 atom stereocenters. The minimum Gasteiger partial charge on any atom is -0.316 e. The van der Waals surface area contributed by atoms with Crippen LogP contribution in [0, 0.1) is 11.3 Å². The first-order valence-corrected chi connectivity index (χ1v) is 4.95. The number of rotatable bonds is 1. The first-order chi connectivity index (χ1) is 7.72. The van der Waals surface area contributed by atoms with Gasteiger partial charge in [-0.1, -0.05) is 6.07 Å². The van der Waals surface area contributed by atoms with E-state index in [1.165, 1.54) is 6.07 Å². The molecule has 0 saturated heterocycles. The first kappa shape index (κ1) is 10.5. The van der Waals surface area contributed by atoms with Crippen LogP contribution in [-0.4, -0.2) is 9.97 Å². The molecule has 16 heavy (non-hydrogen) atoms. The molecule has 5 heteroatoms. The maximum atomic E-state index is 11.3. The molecule has 0 aromatic carbocycles. The van der Waals surface area contributed by atoms with Crippen LogP contribution in [0.3, 0.4) is 0 Å². The van der Waals surface area contributed by atoms with E-state index in [0.29, 0.717) is 16.8 Å². The van der Waals surface area contributed by atoms with Gasteiger partial charge in [0.1, 0.15) is 6.07 Å². The Morgan fingerprint density at radius 1 is 1.44 bits per heavy atom. The Hall–Kier alpha value is -2.06. The molecule has 0 aliphatic rings. The van der Waals surface area contributed by atoms with E-state index in [1.54, 1.807) is 24.4 Å². The summed E-state index contributed by atoms with van der Waals surface area (Å²) < 4.78 is 0. The maximum Gasteiger partial charge on any atom is 0.249 e. The molecule has 0 unspecified atom stereocenters. The maximum absolute atomic E-state index is 11.3. The molecule has 2 rings (SSSR count). The predicted octanol–water partition coefficient (Wildman–Crippen LogP) is 1.60.